The van der Waals surface area contributed by atoms with Crippen LogP contribution in [0.4, 0.5) is 13.2 Å². The Morgan fingerprint density at radius 3 is 2.36 bits per heavy atom. The highest BCUT2D eigenvalue weighted by molar-refractivity contribution is 5.38. The van der Waals surface area contributed by atoms with Gasteiger partial charge in [-0.1, -0.05) is 18.2 Å². The maximum Gasteiger partial charge on any atom is 0.573 e. The van der Waals surface area contributed by atoms with Crippen LogP contribution in [0.5, 0.6) is 5.75 Å². The van der Waals surface area contributed by atoms with E-state index in [1.807, 2.05) is 0 Å². The van der Waals surface area contributed by atoms with Crippen LogP contribution in [0.2, 0.25) is 0 Å². The van der Waals surface area contributed by atoms with Gasteiger partial charge in [0.15, 0.2) is 0 Å². The summed E-state index contributed by atoms with van der Waals surface area (Å²) in [6, 6.07) is 6.34. The van der Waals surface area contributed by atoms with Crippen LogP contribution in [0.1, 0.15) is 24.3 Å². The Morgan fingerprint density at radius 2 is 1.79 bits per heavy atom. The number of halogens is 3. The van der Waals surface area contributed by atoms with E-state index < -0.39 is 6.36 Å². The van der Waals surface area contributed by atoms with Gasteiger partial charge in [0, 0.05) is 0 Å². The first-order valence-electron chi connectivity index (χ1n) is 4.41. The van der Waals surface area contributed by atoms with E-state index in [4.69, 9.17) is 0 Å². The maximum atomic E-state index is 12.0. The van der Waals surface area contributed by atoms with Crippen molar-refractivity contribution in [2.75, 3.05) is 0 Å². The second kappa shape index (κ2) is 3.19. The molecule has 0 amide bonds. The number of alkyl halides is 3. The molecule has 0 bridgehead atoms. The average Bonchev–Trinajstić information content (AvgIpc) is 2.85. The predicted octanol–water partition coefficient (Wildman–Crippen LogP) is 3.46. The highest BCUT2D eigenvalue weighted by Crippen LogP contribution is 2.45. The van der Waals surface area contributed by atoms with Crippen LogP contribution >= 0.6 is 0 Å². The second-order valence-corrected chi connectivity index (χ2v) is 3.36. The second-order valence-electron chi connectivity index (χ2n) is 3.36. The Hall–Kier alpha value is -1.19. The molecule has 0 aliphatic heterocycles. The van der Waals surface area contributed by atoms with Gasteiger partial charge in [-0.15, -0.1) is 13.2 Å². The minimum absolute atomic E-state index is 0.0532. The summed E-state index contributed by atoms with van der Waals surface area (Å²) < 4.78 is 39.9. The molecule has 1 aliphatic rings. The van der Waals surface area contributed by atoms with Crippen molar-refractivity contribution in [2.45, 2.75) is 25.1 Å². The monoisotopic (exact) mass is 202 g/mol. The van der Waals surface area contributed by atoms with Gasteiger partial charge in [-0.25, -0.2) is 0 Å². The van der Waals surface area contributed by atoms with Crippen molar-refractivity contribution < 1.29 is 17.9 Å². The molecule has 1 fully saturated rings. The molecule has 14 heavy (non-hydrogen) atoms. The molecule has 2 rings (SSSR count). The highest BCUT2D eigenvalue weighted by atomic mass is 19.4. The van der Waals surface area contributed by atoms with Crippen molar-refractivity contribution in [1.82, 2.24) is 0 Å². The minimum atomic E-state index is -4.59. The zero-order chi connectivity index (χ0) is 10.2. The lowest BCUT2D eigenvalue weighted by atomic mass is 10.1. The summed E-state index contributed by atoms with van der Waals surface area (Å²) in [5.74, 6) is 0.205. The molecule has 1 saturated carbocycles. The van der Waals surface area contributed by atoms with Crippen LogP contribution in [0.25, 0.3) is 0 Å². The molecule has 0 atom stereocenters. The molecule has 1 aliphatic carbocycles. The first-order valence-corrected chi connectivity index (χ1v) is 4.41. The lowest BCUT2D eigenvalue weighted by molar-refractivity contribution is -0.274. The van der Waals surface area contributed by atoms with Crippen LogP contribution in [-0.4, -0.2) is 6.36 Å². The van der Waals surface area contributed by atoms with E-state index in [9.17, 15) is 13.2 Å². The van der Waals surface area contributed by atoms with Gasteiger partial charge in [0.2, 0.25) is 0 Å². The molecule has 1 aromatic rings. The van der Waals surface area contributed by atoms with Crippen molar-refractivity contribution >= 4 is 0 Å². The molecular weight excluding hydrogens is 193 g/mol. The van der Waals surface area contributed by atoms with Crippen LogP contribution < -0.4 is 4.74 Å². The average molecular weight is 202 g/mol. The number of para-hydroxylation sites is 1. The fourth-order valence-corrected chi connectivity index (χ4v) is 1.43. The fourth-order valence-electron chi connectivity index (χ4n) is 1.43. The Balaban J connectivity index is 2.23. The first-order chi connectivity index (χ1) is 6.56. The smallest absolute Gasteiger partial charge is 0.405 e. The zero-order valence-corrected chi connectivity index (χ0v) is 7.34. The number of benzene rings is 1. The van der Waals surface area contributed by atoms with Gasteiger partial charge < -0.3 is 4.74 Å². The van der Waals surface area contributed by atoms with E-state index in [1.54, 1.807) is 18.2 Å². The van der Waals surface area contributed by atoms with Crippen molar-refractivity contribution in [3.05, 3.63) is 29.8 Å². The molecule has 4 heteroatoms. The molecule has 0 unspecified atom stereocenters. The third-order valence-electron chi connectivity index (χ3n) is 2.16. The van der Waals surface area contributed by atoms with Gasteiger partial charge in [-0.3, -0.25) is 0 Å². The summed E-state index contributed by atoms with van der Waals surface area (Å²) in [5, 5.41) is 0. The quantitative estimate of drug-likeness (QED) is 0.713. The van der Waals surface area contributed by atoms with E-state index in [2.05, 4.69) is 4.74 Å². The van der Waals surface area contributed by atoms with Crippen molar-refractivity contribution in [1.29, 1.82) is 0 Å². The van der Waals surface area contributed by atoms with E-state index >= 15 is 0 Å². The Bertz CT molecular complexity index is 328. The van der Waals surface area contributed by atoms with E-state index in [0.29, 0.717) is 5.56 Å². The molecule has 0 aromatic heterocycles. The topological polar surface area (TPSA) is 9.23 Å². The molecule has 0 N–H and O–H groups in total. The van der Waals surface area contributed by atoms with Crippen LogP contribution in [0.15, 0.2) is 24.3 Å². The van der Waals surface area contributed by atoms with Gasteiger partial charge >= 0.3 is 6.36 Å². The lowest BCUT2D eigenvalue weighted by Crippen LogP contribution is -2.17. The molecule has 1 aromatic carbocycles. The van der Waals surface area contributed by atoms with Gasteiger partial charge in [0.05, 0.1) is 0 Å². The highest BCUT2D eigenvalue weighted by Gasteiger charge is 2.34. The molecule has 0 heterocycles. The van der Waals surface area contributed by atoms with Gasteiger partial charge in [-0.2, -0.15) is 0 Å². The number of rotatable bonds is 2. The van der Waals surface area contributed by atoms with Crippen molar-refractivity contribution in [3.8, 4) is 5.75 Å². The maximum absolute atomic E-state index is 12.0. The number of hydrogen-bond donors (Lipinski definition) is 0. The van der Waals surface area contributed by atoms with E-state index in [-0.39, 0.29) is 11.7 Å². The van der Waals surface area contributed by atoms with E-state index in [0.717, 1.165) is 12.8 Å². The Kier molecular flexibility index (Phi) is 2.13. The molecule has 1 nitrogen and oxygen atoms in total. The third kappa shape index (κ3) is 2.19. The first kappa shape index (κ1) is 9.37. The predicted molar refractivity (Wildman–Crippen MR) is 45.1 cm³/mol. The van der Waals surface area contributed by atoms with E-state index in [1.165, 1.54) is 6.07 Å². The lowest BCUT2D eigenvalue weighted by Gasteiger charge is -2.12. The molecule has 76 valence electrons. The zero-order valence-electron chi connectivity index (χ0n) is 7.34. The van der Waals surface area contributed by atoms with Crippen LogP contribution in [0.3, 0.4) is 0 Å². The Morgan fingerprint density at radius 1 is 1.14 bits per heavy atom. The van der Waals surface area contributed by atoms with Gasteiger partial charge in [0.1, 0.15) is 5.75 Å². The number of ether oxygens (including phenoxy) is 1. The van der Waals surface area contributed by atoms with Gasteiger partial charge in [0.25, 0.3) is 0 Å². The summed E-state index contributed by atoms with van der Waals surface area (Å²) in [5.41, 5.74) is 0.671. The molecular formula is C10H9F3O. The Labute approximate surface area is 79.5 Å². The van der Waals surface area contributed by atoms with Crippen LogP contribution in [-0.2, 0) is 0 Å². The normalized spacial score (nSPS) is 16.8. The third-order valence-corrected chi connectivity index (χ3v) is 2.16. The fraction of sp³-hybridized carbons (Fsp3) is 0.400. The van der Waals surface area contributed by atoms with Crippen molar-refractivity contribution in [2.24, 2.45) is 0 Å². The molecule has 0 saturated heterocycles. The largest absolute Gasteiger partial charge is 0.573 e. The molecule has 0 radical (unpaired) electrons. The summed E-state index contributed by atoms with van der Waals surface area (Å²) in [6.07, 6.45) is -2.68. The summed E-state index contributed by atoms with van der Waals surface area (Å²) in [4.78, 5) is 0. The number of hydrogen-bond acceptors (Lipinski definition) is 1. The summed E-state index contributed by atoms with van der Waals surface area (Å²) in [6.45, 7) is 0. The van der Waals surface area contributed by atoms with Gasteiger partial charge in [-0.05, 0) is 30.4 Å². The molecule has 0 spiro atoms. The minimum Gasteiger partial charge on any atom is -0.405 e. The summed E-state index contributed by atoms with van der Waals surface area (Å²) in [7, 11) is 0. The van der Waals surface area contributed by atoms with Crippen molar-refractivity contribution in [3.63, 3.8) is 0 Å². The standard InChI is InChI=1S/C10H9F3O/c11-10(12,13)14-9-4-2-1-3-8(9)7-5-6-7/h1-4,7H,5-6H2. The van der Waals surface area contributed by atoms with Crippen LogP contribution in [0, 0.1) is 0 Å². The SMILES string of the molecule is FC(F)(F)Oc1ccccc1C1CC1. The summed E-state index contributed by atoms with van der Waals surface area (Å²) >= 11 is 0.